The maximum Gasteiger partial charge on any atom is 0.235 e. The van der Waals surface area contributed by atoms with E-state index in [1.54, 1.807) is 0 Å². The first-order valence-electron chi connectivity index (χ1n) is 10.2. The predicted molar refractivity (Wildman–Crippen MR) is 119 cm³/mol. The van der Waals surface area contributed by atoms with Crippen molar-refractivity contribution in [1.82, 2.24) is 0 Å². The van der Waals surface area contributed by atoms with Crippen molar-refractivity contribution in [2.75, 3.05) is 49.7 Å². The molecular formula is C23H27BrN2O3. The van der Waals surface area contributed by atoms with E-state index in [9.17, 15) is 4.79 Å². The van der Waals surface area contributed by atoms with Crippen LogP contribution >= 0.6 is 15.9 Å². The minimum Gasteiger partial charge on any atom is -0.381 e. The average molecular weight is 459 g/mol. The molecule has 0 spiro atoms. The van der Waals surface area contributed by atoms with Gasteiger partial charge in [0, 0.05) is 42.2 Å². The Morgan fingerprint density at radius 3 is 2.31 bits per heavy atom. The highest BCUT2D eigenvalue weighted by Gasteiger charge is 2.41. The summed E-state index contributed by atoms with van der Waals surface area (Å²) in [7, 11) is 0. The molecule has 0 radical (unpaired) electrons. The van der Waals surface area contributed by atoms with Crippen LogP contribution in [0.15, 0.2) is 46.9 Å². The molecule has 2 fully saturated rings. The number of halogens is 1. The Morgan fingerprint density at radius 1 is 1.00 bits per heavy atom. The number of carbonyl (C=O) groups excluding carboxylic acids is 1. The van der Waals surface area contributed by atoms with Crippen LogP contribution in [0.25, 0.3) is 0 Å². The largest absolute Gasteiger partial charge is 0.381 e. The van der Waals surface area contributed by atoms with Gasteiger partial charge in [0.2, 0.25) is 5.91 Å². The zero-order valence-electron chi connectivity index (χ0n) is 16.7. The van der Waals surface area contributed by atoms with Gasteiger partial charge in [0.05, 0.1) is 18.6 Å². The van der Waals surface area contributed by atoms with Crippen molar-refractivity contribution in [3.63, 3.8) is 0 Å². The van der Waals surface area contributed by atoms with Crippen LogP contribution in [0, 0.1) is 6.92 Å². The van der Waals surface area contributed by atoms with Crippen LogP contribution in [0.2, 0.25) is 0 Å². The molecule has 6 heteroatoms. The van der Waals surface area contributed by atoms with Crippen molar-refractivity contribution in [3.8, 4) is 0 Å². The zero-order valence-corrected chi connectivity index (χ0v) is 18.3. The smallest absolute Gasteiger partial charge is 0.235 e. The van der Waals surface area contributed by atoms with E-state index in [1.807, 2.05) is 30.3 Å². The van der Waals surface area contributed by atoms with Crippen LogP contribution in [0.3, 0.4) is 0 Å². The molecule has 0 unspecified atom stereocenters. The Labute approximate surface area is 180 Å². The summed E-state index contributed by atoms with van der Waals surface area (Å²) in [6.45, 7) is 6.56. The monoisotopic (exact) mass is 458 g/mol. The summed E-state index contributed by atoms with van der Waals surface area (Å²) in [5.41, 5.74) is 3.60. The molecule has 2 heterocycles. The molecular weight excluding hydrogens is 432 g/mol. The molecule has 1 N–H and O–H groups in total. The lowest BCUT2D eigenvalue weighted by Crippen LogP contribution is -2.45. The molecule has 0 bridgehead atoms. The molecule has 2 aliphatic heterocycles. The van der Waals surface area contributed by atoms with Gasteiger partial charge in [-0.25, -0.2) is 0 Å². The molecule has 1 amide bonds. The number of ether oxygens (including phenoxy) is 2. The number of morpholine rings is 1. The van der Waals surface area contributed by atoms with Gasteiger partial charge in [0.1, 0.15) is 0 Å². The minimum atomic E-state index is -0.561. The first kappa shape index (κ1) is 20.4. The summed E-state index contributed by atoms with van der Waals surface area (Å²) in [6, 6.07) is 14.4. The molecule has 2 aliphatic rings. The lowest BCUT2D eigenvalue weighted by atomic mass is 9.73. The fourth-order valence-electron chi connectivity index (χ4n) is 4.18. The average Bonchev–Trinajstić information content (AvgIpc) is 2.76. The molecule has 0 aromatic heterocycles. The van der Waals surface area contributed by atoms with E-state index in [2.05, 4.69) is 45.2 Å². The first-order chi connectivity index (χ1) is 14.1. The van der Waals surface area contributed by atoms with Gasteiger partial charge in [0.15, 0.2) is 0 Å². The topological polar surface area (TPSA) is 50.8 Å². The van der Waals surface area contributed by atoms with Gasteiger partial charge in [-0.2, -0.15) is 0 Å². The lowest BCUT2D eigenvalue weighted by molar-refractivity contribution is -0.125. The van der Waals surface area contributed by atoms with Crippen LogP contribution in [0.5, 0.6) is 0 Å². The third-order valence-electron chi connectivity index (χ3n) is 6.01. The summed E-state index contributed by atoms with van der Waals surface area (Å²) in [4.78, 5) is 15.8. The molecule has 0 atom stereocenters. The van der Waals surface area contributed by atoms with Crippen LogP contribution in [0.4, 0.5) is 11.4 Å². The Hall–Kier alpha value is -1.89. The number of carbonyl (C=O) groups is 1. The molecule has 29 heavy (non-hydrogen) atoms. The van der Waals surface area contributed by atoms with E-state index >= 15 is 0 Å². The highest BCUT2D eigenvalue weighted by Crippen LogP contribution is 2.37. The summed E-state index contributed by atoms with van der Waals surface area (Å²) >= 11 is 3.49. The maximum absolute atomic E-state index is 13.5. The molecule has 154 valence electrons. The number of nitrogens with zero attached hydrogens (tertiary/aromatic N) is 1. The van der Waals surface area contributed by atoms with Gasteiger partial charge >= 0.3 is 0 Å². The Balaban J connectivity index is 1.56. The van der Waals surface area contributed by atoms with E-state index in [-0.39, 0.29) is 5.91 Å². The molecule has 0 aliphatic carbocycles. The SMILES string of the molecule is Cc1cc(N2CCOCC2)ccc1NC(=O)C1(c2ccc(Br)cc2)CCOCC1. The van der Waals surface area contributed by atoms with Crippen LogP contribution in [-0.2, 0) is 19.7 Å². The summed E-state index contributed by atoms with van der Waals surface area (Å²) in [6.07, 6.45) is 1.37. The van der Waals surface area contributed by atoms with Gasteiger partial charge < -0.3 is 19.7 Å². The highest BCUT2D eigenvalue weighted by atomic mass is 79.9. The Kier molecular flexibility index (Phi) is 6.23. The zero-order chi connectivity index (χ0) is 20.3. The van der Waals surface area contributed by atoms with Gasteiger partial charge in [-0.05, 0) is 61.2 Å². The van der Waals surface area contributed by atoms with Gasteiger partial charge in [-0.1, -0.05) is 28.1 Å². The van der Waals surface area contributed by atoms with E-state index in [4.69, 9.17) is 9.47 Å². The fraction of sp³-hybridized carbons (Fsp3) is 0.435. The number of hydrogen-bond donors (Lipinski definition) is 1. The predicted octanol–water partition coefficient (Wildman–Crippen LogP) is 4.28. The van der Waals surface area contributed by atoms with Crippen LogP contribution < -0.4 is 10.2 Å². The van der Waals surface area contributed by atoms with Crippen molar-refractivity contribution in [2.45, 2.75) is 25.2 Å². The minimum absolute atomic E-state index is 0.0466. The molecule has 2 aromatic carbocycles. The van der Waals surface area contributed by atoms with E-state index in [1.165, 1.54) is 5.69 Å². The van der Waals surface area contributed by atoms with E-state index < -0.39 is 5.41 Å². The molecule has 5 nitrogen and oxygen atoms in total. The quantitative estimate of drug-likeness (QED) is 0.742. The standard InChI is InChI=1S/C23H27BrN2O3/c1-17-16-20(26-10-14-29-15-11-26)6-7-21(17)25-22(27)23(8-12-28-13-9-23)18-2-4-19(24)5-3-18/h2-7,16H,8-15H2,1H3,(H,25,27). The third-order valence-corrected chi connectivity index (χ3v) is 6.54. The van der Waals surface area contributed by atoms with Crippen LogP contribution in [0.1, 0.15) is 24.0 Å². The van der Waals surface area contributed by atoms with E-state index in [0.717, 1.165) is 47.6 Å². The van der Waals surface area contributed by atoms with Crippen LogP contribution in [-0.4, -0.2) is 45.4 Å². The molecule has 0 saturated carbocycles. The summed E-state index contributed by atoms with van der Waals surface area (Å²) < 4.78 is 12.0. The van der Waals surface area contributed by atoms with Gasteiger partial charge in [-0.3, -0.25) is 4.79 Å². The number of nitrogens with one attached hydrogen (secondary N) is 1. The van der Waals surface area contributed by atoms with Crippen molar-refractivity contribution in [1.29, 1.82) is 0 Å². The Bertz CT molecular complexity index is 857. The third kappa shape index (κ3) is 4.34. The van der Waals surface area contributed by atoms with Crippen molar-refractivity contribution in [2.24, 2.45) is 0 Å². The summed E-state index contributed by atoms with van der Waals surface area (Å²) in [5, 5.41) is 3.21. The van der Waals surface area contributed by atoms with Gasteiger partial charge in [0.25, 0.3) is 0 Å². The molecule has 2 saturated heterocycles. The molecule has 4 rings (SSSR count). The second-order valence-corrected chi connectivity index (χ2v) is 8.67. The number of hydrogen-bond acceptors (Lipinski definition) is 4. The second kappa shape index (κ2) is 8.86. The lowest BCUT2D eigenvalue weighted by Gasteiger charge is -2.36. The number of benzene rings is 2. The highest BCUT2D eigenvalue weighted by molar-refractivity contribution is 9.10. The Morgan fingerprint density at radius 2 is 1.66 bits per heavy atom. The fourth-order valence-corrected chi connectivity index (χ4v) is 4.45. The normalized spacial score (nSPS) is 19.0. The summed E-state index contributed by atoms with van der Waals surface area (Å²) in [5.74, 6) is 0.0466. The number of amides is 1. The van der Waals surface area contributed by atoms with Crippen molar-refractivity contribution < 1.29 is 14.3 Å². The maximum atomic E-state index is 13.5. The number of aryl methyl sites for hydroxylation is 1. The van der Waals surface area contributed by atoms with E-state index in [0.29, 0.717) is 26.1 Å². The number of rotatable bonds is 4. The first-order valence-corrected chi connectivity index (χ1v) is 11.0. The molecule has 2 aromatic rings. The van der Waals surface area contributed by atoms with Gasteiger partial charge in [-0.15, -0.1) is 0 Å². The second-order valence-electron chi connectivity index (χ2n) is 7.75. The van der Waals surface area contributed by atoms with Crippen molar-refractivity contribution in [3.05, 3.63) is 58.1 Å². The van der Waals surface area contributed by atoms with Crippen molar-refractivity contribution >= 4 is 33.2 Å². The number of anilines is 2.